The van der Waals surface area contributed by atoms with Crippen LogP contribution in [0.3, 0.4) is 0 Å². The van der Waals surface area contributed by atoms with Gasteiger partial charge in [0.2, 0.25) is 0 Å². The number of piperidine rings is 1. The summed E-state index contributed by atoms with van der Waals surface area (Å²) >= 11 is 0. The van der Waals surface area contributed by atoms with Crippen molar-refractivity contribution in [3.63, 3.8) is 0 Å². The molecule has 1 N–H and O–H groups in total. The van der Waals surface area contributed by atoms with Crippen LogP contribution < -0.4 is 5.32 Å². The van der Waals surface area contributed by atoms with Gasteiger partial charge in [0.05, 0.1) is 6.61 Å². The molecule has 1 fully saturated rings. The van der Waals surface area contributed by atoms with Crippen molar-refractivity contribution in [3.8, 4) is 0 Å². The Morgan fingerprint density at radius 1 is 1.50 bits per heavy atom. The lowest BCUT2D eigenvalue weighted by molar-refractivity contribution is -0.144. The molecule has 0 unspecified atom stereocenters. The molecular weight excluding hydrogens is 154 g/mol. The summed E-state index contributed by atoms with van der Waals surface area (Å²) in [6.07, 6.45) is 2.76. The summed E-state index contributed by atoms with van der Waals surface area (Å²) in [5, 5.41) is 3.28. The van der Waals surface area contributed by atoms with E-state index in [0.29, 0.717) is 18.9 Å². The van der Waals surface area contributed by atoms with Gasteiger partial charge in [0.1, 0.15) is 0 Å². The largest absolute Gasteiger partial charge is 0.465 e. The molecule has 1 rings (SSSR count). The molecule has 1 aliphatic rings. The molecule has 1 aliphatic heterocycles. The quantitative estimate of drug-likeness (QED) is 0.642. The lowest BCUT2D eigenvalue weighted by Crippen LogP contribution is -2.30. The zero-order chi connectivity index (χ0) is 8.81. The fourth-order valence-electron chi connectivity index (χ4n) is 1.36. The van der Waals surface area contributed by atoms with Crippen LogP contribution in [-0.2, 0) is 9.53 Å². The monoisotopic (exact) mass is 171 g/mol. The fourth-order valence-corrected chi connectivity index (χ4v) is 1.36. The van der Waals surface area contributed by atoms with Gasteiger partial charge in [-0.2, -0.15) is 0 Å². The normalized spacial score (nSPS) is 19.1. The molecule has 0 aliphatic carbocycles. The van der Waals surface area contributed by atoms with Crippen molar-refractivity contribution in [3.05, 3.63) is 0 Å². The van der Waals surface area contributed by atoms with Crippen molar-refractivity contribution in [1.29, 1.82) is 0 Å². The summed E-state index contributed by atoms with van der Waals surface area (Å²) in [5.74, 6) is 0.510. The van der Waals surface area contributed by atoms with Crippen LogP contribution >= 0.6 is 0 Å². The van der Waals surface area contributed by atoms with E-state index in [4.69, 9.17) is 4.74 Å². The van der Waals surface area contributed by atoms with E-state index in [2.05, 4.69) is 5.32 Å². The van der Waals surface area contributed by atoms with Crippen LogP contribution in [0.4, 0.5) is 0 Å². The van der Waals surface area contributed by atoms with E-state index < -0.39 is 0 Å². The number of hydrogen-bond donors (Lipinski definition) is 1. The first-order valence-corrected chi connectivity index (χ1v) is 4.69. The Hall–Kier alpha value is -0.570. The van der Waals surface area contributed by atoms with E-state index in [-0.39, 0.29) is 5.97 Å². The molecule has 0 radical (unpaired) electrons. The molecule has 0 spiro atoms. The molecular formula is C9H17NO2. The van der Waals surface area contributed by atoms with Crippen LogP contribution in [0.2, 0.25) is 0 Å². The molecule has 70 valence electrons. The SMILES string of the molecule is CCC(=O)OCC1CCNCC1. The zero-order valence-electron chi connectivity index (χ0n) is 7.64. The summed E-state index contributed by atoms with van der Waals surface area (Å²) in [6.45, 7) is 4.57. The molecule has 1 heterocycles. The second kappa shape index (κ2) is 5.14. The first-order chi connectivity index (χ1) is 5.83. The molecule has 0 aromatic rings. The van der Waals surface area contributed by atoms with Gasteiger partial charge >= 0.3 is 5.97 Å². The zero-order valence-corrected chi connectivity index (χ0v) is 7.64. The number of nitrogens with one attached hydrogen (secondary N) is 1. The molecule has 3 nitrogen and oxygen atoms in total. The Labute approximate surface area is 73.5 Å². The van der Waals surface area contributed by atoms with Crippen LogP contribution in [0.1, 0.15) is 26.2 Å². The number of esters is 1. The van der Waals surface area contributed by atoms with Crippen LogP contribution in [0.25, 0.3) is 0 Å². The van der Waals surface area contributed by atoms with Gasteiger partial charge in [-0.3, -0.25) is 4.79 Å². The van der Waals surface area contributed by atoms with Crippen molar-refractivity contribution >= 4 is 5.97 Å². The highest BCUT2D eigenvalue weighted by Crippen LogP contribution is 2.11. The first-order valence-electron chi connectivity index (χ1n) is 4.69. The smallest absolute Gasteiger partial charge is 0.305 e. The summed E-state index contributed by atoms with van der Waals surface area (Å²) in [6, 6.07) is 0. The Bertz CT molecular complexity index is 141. The highest BCUT2D eigenvalue weighted by Gasteiger charge is 2.14. The second-order valence-electron chi connectivity index (χ2n) is 3.23. The summed E-state index contributed by atoms with van der Waals surface area (Å²) in [7, 11) is 0. The predicted molar refractivity (Wildman–Crippen MR) is 46.8 cm³/mol. The maximum absolute atomic E-state index is 10.8. The molecule has 0 bridgehead atoms. The third kappa shape index (κ3) is 3.22. The Morgan fingerprint density at radius 3 is 2.75 bits per heavy atom. The molecule has 0 aromatic carbocycles. The number of rotatable bonds is 3. The first kappa shape index (κ1) is 9.52. The third-order valence-electron chi connectivity index (χ3n) is 2.23. The predicted octanol–water partition coefficient (Wildman–Crippen LogP) is 0.939. The highest BCUT2D eigenvalue weighted by molar-refractivity contribution is 5.68. The van der Waals surface area contributed by atoms with E-state index >= 15 is 0 Å². The minimum Gasteiger partial charge on any atom is -0.465 e. The van der Waals surface area contributed by atoms with Gasteiger partial charge in [0.25, 0.3) is 0 Å². The minimum absolute atomic E-state index is 0.0754. The van der Waals surface area contributed by atoms with Gasteiger partial charge in [-0.05, 0) is 31.8 Å². The molecule has 0 atom stereocenters. The van der Waals surface area contributed by atoms with Gasteiger partial charge in [-0.1, -0.05) is 6.92 Å². The fraction of sp³-hybridized carbons (Fsp3) is 0.889. The van der Waals surface area contributed by atoms with Crippen molar-refractivity contribution in [2.24, 2.45) is 5.92 Å². The standard InChI is InChI=1S/C9H17NO2/c1-2-9(11)12-7-8-3-5-10-6-4-8/h8,10H,2-7H2,1H3. The number of carbonyl (C=O) groups is 1. The third-order valence-corrected chi connectivity index (χ3v) is 2.23. The van der Waals surface area contributed by atoms with Crippen LogP contribution in [0.15, 0.2) is 0 Å². The maximum Gasteiger partial charge on any atom is 0.305 e. The summed E-state index contributed by atoms with van der Waals surface area (Å²) in [5.41, 5.74) is 0. The summed E-state index contributed by atoms with van der Waals surface area (Å²) in [4.78, 5) is 10.8. The molecule has 0 aromatic heterocycles. The van der Waals surface area contributed by atoms with E-state index in [0.717, 1.165) is 25.9 Å². The van der Waals surface area contributed by atoms with Crippen molar-refractivity contribution in [2.75, 3.05) is 19.7 Å². The van der Waals surface area contributed by atoms with Crippen LogP contribution in [-0.4, -0.2) is 25.7 Å². The van der Waals surface area contributed by atoms with Gasteiger partial charge in [0, 0.05) is 6.42 Å². The van der Waals surface area contributed by atoms with Crippen molar-refractivity contribution < 1.29 is 9.53 Å². The highest BCUT2D eigenvalue weighted by atomic mass is 16.5. The van der Waals surface area contributed by atoms with E-state index in [1.807, 2.05) is 6.92 Å². The maximum atomic E-state index is 10.8. The van der Waals surface area contributed by atoms with Crippen molar-refractivity contribution in [2.45, 2.75) is 26.2 Å². The molecule has 0 amide bonds. The Balaban J connectivity index is 2.09. The topological polar surface area (TPSA) is 38.3 Å². The number of carbonyl (C=O) groups excluding carboxylic acids is 1. The minimum atomic E-state index is -0.0754. The van der Waals surface area contributed by atoms with Gasteiger partial charge in [0.15, 0.2) is 0 Å². The van der Waals surface area contributed by atoms with Crippen LogP contribution in [0.5, 0.6) is 0 Å². The van der Waals surface area contributed by atoms with Gasteiger partial charge < -0.3 is 10.1 Å². The average Bonchev–Trinajstić information content (AvgIpc) is 2.16. The van der Waals surface area contributed by atoms with E-state index in [9.17, 15) is 4.79 Å². The number of ether oxygens (including phenoxy) is 1. The van der Waals surface area contributed by atoms with Gasteiger partial charge in [-0.25, -0.2) is 0 Å². The molecule has 1 saturated heterocycles. The lowest BCUT2D eigenvalue weighted by Gasteiger charge is -2.21. The number of hydrogen-bond acceptors (Lipinski definition) is 3. The van der Waals surface area contributed by atoms with Crippen LogP contribution in [0, 0.1) is 5.92 Å². The molecule has 3 heteroatoms. The van der Waals surface area contributed by atoms with E-state index in [1.54, 1.807) is 0 Å². The molecule has 0 saturated carbocycles. The van der Waals surface area contributed by atoms with Crippen molar-refractivity contribution in [1.82, 2.24) is 5.32 Å². The van der Waals surface area contributed by atoms with E-state index in [1.165, 1.54) is 0 Å². The average molecular weight is 171 g/mol. The summed E-state index contributed by atoms with van der Waals surface area (Å²) < 4.78 is 5.06. The van der Waals surface area contributed by atoms with Gasteiger partial charge in [-0.15, -0.1) is 0 Å². The lowest BCUT2D eigenvalue weighted by atomic mass is 9.99. The second-order valence-corrected chi connectivity index (χ2v) is 3.23. The Morgan fingerprint density at radius 2 is 2.17 bits per heavy atom. The molecule has 12 heavy (non-hydrogen) atoms. The Kier molecular flexibility index (Phi) is 4.08.